The van der Waals surface area contributed by atoms with Crippen LogP contribution in [-0.4, -0.2) is 49.3 Å². The van der Waals surface area contributed by atoms with E-state index in [-0.39, 0.29) is 0 Å². The summed E-state index contributed by atoms with van der Waals surface area (Å²) in [5.41, 5.74) is 2.57. The van der Waals surface area contributed by atoms with E-state index in [1.807, 2.05) is 12.3 Å². The molecule has 0 bridgehead atoms. The third-order valence-corrected chi connectivity index (χ3v) is 5.19. The Morgan fingerprint density at radius 1 is 1.11 bits per heavy atom. The number of aromatic nitrogens is 1. The number of nitrogens with zero attached hydrogens (tertiary/aromatic N) is 2. The van der Waals surface area contributed by atoms with Gasteiger partial charge in [-0.1, -0.05) is 43.3 Å². The second-order valence-corrected chi connectivity index (χ2v) is 7.32. The van der Waals surface area contributed by atoms with Gasteiger partial charge < -0.3 is 14.8 Å². The lowest BCUT2D eigenvalue weighted by molar-refractivity contribution is 0.141. The highest BCUT2D eigenvalue weighted by atomic mass is 16.5. The summed E-state index contributed by atoms with van der Waals surface area (Å²) in [5, 5.41) is 3.73. The average molecular weight is 370 g/mol. The number of pyridine rings is 1. The first kappa shape index (κ1) is 19.8. The fraction of sp³-hybridized carbons (Fsp3) is 0.500. The zero-order valence-electron chi connectivity index (χ0n) is 16.4. The second-order valence-electron chi connectivity index (χ2n) is 7.32. The molecule has 2 heterocycles. The van der Waals surface area contributed by atoms with Crippen LogP contribution in [0.4, 0.5) is 0 Å². The Balaban J connectivity index is 1.47. The molecule has 0 saturated carbocycles. The molecule has 2 aromatic rings. The molecule has 0 spiro atoms. The lowest BCUT2D eigenvalue weighted by atomic mass is 9.93. The number of likely N-dealkylation sites (tertiary alicyclic amines) is 1. The maximum absolute atomic E-state index is 5.52. The monoisotopic (exact) mass is 369 g/mol. The zero-order chi connectivity index (χ0) is 18.9. The summed E-state index contributed by atoms with van der Waals surface area (Å²) in [6.07, 6.45) is 3.12. The minimum absolute atomic E-state index is 0.500. The number of nitrogens with one attached hydrogen (secondary N) is 1. The van der Waals surface area contributed by atoms with Crippen molar-refractivity contribution in [2.45, 2.75) is 32.5 Å². The molecule has 1 saturated heterocycles. The molecule has 5 nitrogen and oxygen atoms in total. The third kappa shape index (κ3) is 6.31. The summed E-state index contributed by atoms with van der Waals surface area (Å²) in [5.74, 6) is 1.33. The van der Waals surface area contributed by atoms with Crippen molar-refractivity contribution in [1.82, 2.24) is 15.2 Å². The van der Waals surface area contributed by atoms with Crippen LogP contribution in [-0.2, 0) is 17.8 Å². The van der Waals surface area contributed by atoms with Crippen LogP contribution in [0, 0.1) is 5.92 Å². The SMILES string of the molecule is COCCOc1ccc(CN[C@@H]2CN(Cc3ccccc3)CC[C@H]2C)cn1. The van der Waals surface area contributed by atoms with Gasteiger partial charge in [-0.2, -0.15) is 0 Å². The van der Waals surface area contributed by atoms with Crippen LogP contribution >= 0.6 is 0 Å². The van der Waals surface area contributed by atoms with Crippen molar-refractivity contribution in [2.75, 3.05) is 33.4 Å². The fourth-order valence-corrected chi connectivity index (χ4v) is 3.47. The number of hydrogen-bond acceptors (Lipinski definition) is 5. The molecule has 1 N–H and O–H groups in total. The predicted molar refractivity (Wildman–Crippen MR) is 108 cm³/mol. The summed E-state index contributed by atoms with van der Waals surface area (Å²) in [6, 6.07) is 15.2. The van der Waals surface area contributed by atoms with E-state index < -0.39 is 0 Å². The molecular weight excluding hydrogens is 338 g/mol. The first-order valence-corrected chi connectivity index (χ1v) is 9.81. The van der Waals surface area contributed by atoms with E-state index in [1.54, 1.807) is 7.11 Å². The van der Waals surface area contributed by atoms with E-state index in [0.29, 0.717) is 31.1 Å². The fourth-order valence-electron chi connectivity index (χ4n) is 3.47. The number of methoxy groups -OCH3 is 1. The van der Waals surface area contributed by atoms with Crippen LogP contribution in [0.1, 0.15) is 24.5 Å². The van der Waals surface area contributed by atoms with E-state index in [1.165, 1.54) is 24.1 Å². The van der Waals surface area contributed by atoms with Crippen LogP contribution in [0.2, 0.25) is 0 Å². The number of rotatable bonds is 9. The number of piperidine rings is 1. The van der Waals surface area contributed by atoms with Gasteiger partial charge >= 0.3 is 0 Å². The van der Waals surface area contributed by atoms with Gasteiger partial charge in [0.05, 0.1) is 6.61 Å². The van der Waals surface area contributed by atoms with Crippen molar-refractivity contribution in [3.63, 3.8) is 0 Å². The zero-order valence-corrected chi connectivity index (χ0v) is 16.4. The lowest BCUT2D eigenvalue weighted by Crippen LogP contribution is -2.49. The average Bonchev–Trinajstić information content (AvgIpc) is 2.70. The summed E-state index contributed by atoms with van der Waals surface area (Å²) >= 11 is 0. The van der Waals surface area contributed by atoms with E-state index >= 15 is 0 Å². The number of hydrogen-bond donors (Lipinski definition) is 1. The number of benzene rings is 1. The van der Waals surface area contributed by atoms with E-state index in [2.05, 4.69) is 58.5 Å². The van der Waals surface area contributed by atoms with Gasteiger partial charge in [-0.25, -0.2) is 4.98 Å². The standard InChI is InChI=1S/C22H31N3O2/c1-18-10-11-25(16-19-6-4-3-5-7-19)17-21(18)23-14-20-8-9-22(24-15-20)27-13-12-26-2/h3-9,15,18,21,23H,10-14,16-17H2,1-2H3/t18-,21-/m1/s1. The molecule has 1 fully saturated rings. The molecule has 5 heteroatoms. The summed E-state index contributed by atoms with van der Waals surface area (Å²) < 4.78 is 10.5. The molecule has 3 rings (SSSR count). The summed E-state index contributed by atoms with van der Waals surface area (Å²) in [7, 11) is 1.67. The van der Waals surface area contributed by atoms with Gasteiger partial charge in [0.1, 0.15) is 6.61 Å². The Hall–Kier alpha value is -1.95. The molecule has 146 valence electrons. The molecule has 1 aliphatic heterocycles. The molecule has 0 amide bonds. The Bertz CT molecular complexity index is 663. The second kappa shape index (κ2) is 10.4. The van der Waals surface area contributed by atoms with Gasteiger partial charge in [-0.15, -0.1) is 0 Å². The predicted octanol–water partition coefficient (Wildman–Crippen LogP) is 3.11. The third-order valence-electron chi connectivity index (χ3n) is 5.19. The van der Waals surface area contributed by atoms with Crippen molar-refractivity contribution in [3.05, 3.63) is 59.8 Å². The summed E-state index contributed by atoms with van der Waals surface area (Å²) in [6.45, 7) is 7.57. The Morgan fingerprint density at radius 3 is 2.70 bits per heavy atom. The van der Waals surface area contributed by atoms with E-state index in [0.717, 1.165) is 19.6 Å². The minimum atomic E-state index is 0.500. The lowest BCUT2D eigenvalue weighted by Gasteiger charge is -2.37. The molecule has 1 aromatic carbocycles. The molecular formula is C22H31N3O2. The Kier molecular flexibility index (Phi) is 7.63. The smallest absolute Gasteiger partial charge is 0.213 e. The molecule has 0 unspecified atom stereocenters. The molecule has 0 aliphatic carbocycles. The summed E-state index contributed by atoms with van der Waals surface area (Å²) in [4.78, 5) is 6.93. The minimum Gasteiger partial charge on any atom is -0.475 e. The van der Waals surface area contributed by atoms with Crippen LogP contribution in [0.5, 0.6) is 5.88 Å². The molecule has 27 heavy (non-hydrogen) atoms. The van der Waals surface area contributed by atoms with Crippen LogP contribution in [0.3, 0.4) is 0 Å². The number of ether oxygens (including phenoxy) is 2. The van der Waals surface area contributed by atoms with E-state index in [9.17, 15) is 0 Å². The van der Waals surface area contributed by atoms with Crippen molar-refractivity contribution in [2.24, 2.45) is 5.92 Å². The van der Waals surface area contributed by atoms with Crippen LogP contribution in [0.25, 0.3) is 0 Å². The van der Waals surface area contributed by atoms with E-state index in [4.69, 9.17) is 9.47 Å². The van der Waals surface area contributed by atoms with Gasteiger partial charge in [0.15, 0.2) is 0 Å². The van der Waals surface area contributed by atoms with Gasteiger partial charge in [-0.05, 0) is 30.0 Å². The Labute approximate surface area is 162 Å². The van der Waals surface area contributed by atoms with Gasteiger partial charge in [-0.3, -0.25) is 4.90 Å². The topological polar surface area (TPSA) is 46.6 Å². The van der Waals surface area contributed by atoms with Gasteiger partial charge in [0, 0.05) is 45.0 Å². The van der Waals surface area contributed by atoms with Crippen LogP contribution in [0.15, 0.2) is 48.7 Å². The highest BCUT2D eigenvalue weighted by Crippen LogP contribution is 2.20. The molecule has 1 aromatic heterocycles. The van der Waals surface area contributed by atoms with Gasteiger partial charge in [0.2, 0.25) is 5.88 Å². The first-order chi connectivity index (χ1) is 13.2. The molecule has 1 aliphatic rings. The maximum atomic E-state index is 5.52. The highest BCUT2D eigenvalue weighted by Gasteiger charge is 2.25. The normalized spacial score (nSPS) is 20.5. The van der Waals surface area contributed by atoms with Crippen LogP contribution < -0.4 is 10.1 Å². The first-order valence-electron chi connectivity index (χ1n) is 9.81. The quantitative estimate of drug-likeness (QED) is 0.688. The molecule has 2 atom stereocenters. The Morgan fingerprint density at radius 2 is 1.96 bits per heavy atom. The van der Waals surface area contributed by atoms with Crippen molar-refractivity contribution >= 4 is 0 Å². The van der Waals surface area contributed by atoms with Crippen molar-refractivity contribution in [3.8, 4) is 5.88 Å². The maximum Gasteiger partial charge on any atom is 0.213 e. The molecule has 0 radical (unpaired) electrons. The van der Waals surface area contributed by atoms with Crippen molar-refractivity contribution in [1.29, 1.82) is 0 Å². The highest BCUT2D eigenvalue weighted by molar-refractivity contribution is 5.18. The largest absolute Gasteiger partial charge is 0.475 e. The van der Waals surface area contributed by atoms with Gasteiger partial charge in [0.25, 0.3) is 0 Å². The van der Waals surface area contributed by atoms with Crippen molar-refractivity contribution < 1.29 is 9.47 Å².